The van der Waals surface area contributed by atoms with Crippen LogP contribution in [0.2, 0.25) is 0 Å². The van der Waals surface area contributed by atoms with Gasteiger partial charge in [0, 0.05) is 58.8 Å². The highest BCUT2D eigenvalue weighted by atomic mass is 16.5. The summed E-state index contributed by atoms with van der Waals surface area (Å²) in [4.78, 5) is 25.9. The smallest absolute Gasteiger partial charge is 0.252 e. The van der Waals surface area contributed by atoms with Crippen LogP contribution in [0.5, 0.6) is 5.75 Å². The Kier molecular flexibility index (Phi) is 5.37. The van der Waals surface area contributed by atoms with Crippen molar-refractivity contribution in [3.8, 4) is 5.75 Å². The summed E-state index contributed by atoms with van der Waals surface area (Å²) in [5, 5.41) is 0. The number of anilines is 1. The zero-order valence-corrected chi connectivity index (χ0v) is 16.9. The lowest BCUT2D eigenvalue weighted by atomic mass is 10.1. The van der Waals surface area contributed by atoms with Crippen molar-refractivity contribution in [2.75, 3.05) is 45.7 Å². The molecule has 2 aromatic rings. The first kappa shape index (κ1) is 19.0. The maximum absolute atomic E-state index is 11.9. The molecule has 0 aliphatic carbocycles. The van der Waals surface area contributed by atoms with Gasteiger partial charge in [0.25, 0.3) is 5.56 Å². The first-order valence-corrected chi connectivity index (χ1v) is 9.93. The predicted octanol–water partition coefficient (Wildman–Crippen LogP) is 1.48. The van der Waals surface area contributed by atoms with E-state index in [9.17, 15) is 4.79 Å². The SMILES string of the molecule is CN(C)c1nc(CN(C)[C@@H]2CCN(Cc3ccc4c(c3)CCO4)C2)cc(=O)[nH]1. The van der Waals surface area contributed by atoms with E-state index in [-0.39, 0.29) is 5.56 Å². The Bertz CT molecular complexity index is 895. The van der Waals surface area contributed by atoms with Gasteiger partial charge in [-0.3, -0.25) is 19.6 Å². The van der Waals surface area contributed by atoms with Gasteiger partial charge in [-0.25, -0.2) is 4.98 Å². The monoisotopic (exact) mass is 383 g/mol. The molecule has 1 aromatic heterocycles. The minimum absolute atomic E-state index is 0.101. The molecule has 1 aromatic carbocycles. The number of likely N-dealkylation sites (tertiary alicyclic amines) is 1. The molecule has 0 unspecified atom stereocenters. The molecule has 0 amide bonds. The summed E-state index contributed by atoms with van der Waals surface area (Å²) in [6, 6.07) is 8.66. The molecule has 150 valence electrons. The van der Waals surface area contributed by atoms with Crippen molar-refractivity contribution < 1.29 is 4.74 Å². The second-order valence-corrected chi connectivity index (χ2v) is 8.09. The number of rotatable bonds is 6. The molecule has 0 spiro atoms. The lowest BCUT2D eigenvalue weighted by molar-refractivity contribution is 0.220. The Labute approximate surface area is 165 Å². The summed E-state index contributed by atoms with van der Waals surface area (Å²) in [5.74, 6) is 1.65. The average molecular weight is 383 g/mol. The van der Waals surface area contributed by atoms with Gasteiger partial charge in [0.2, 0.25) is 5.95 Å². The highest BCUT2D eigenvalue weighted by molar-refractivity contribution is 5.39. The fraction of sp³-hybridized carbons (Fsp3) is 0.524. The third-order valence-electron chi connectivity index (χ3n) is 5.65. The molecule has 7 heteroatoms. The normalized spacial score (nSPS) is 19.1. The van der Waals surface area contributed by atoms with Crippen LogP contribution in [-0.4, -0.2) is 66.6 Å². The Morgan fingerprint density at radius 3 is 2.96 bits per heavy atom. The van der Waals surface area contributed by atoms with Crippen LogP contribution >= 0.6 is 0 Å². The van der Waals surface area contributed by atoms with Crippen LogP contribution in [0.25, 0.3) is 0 Å². The average Bonchev–Trinajstić information content (AvgIpc) is 3.30. The molecule has 0 bridgehead atoms. The van der Waals surface area contributed by atoms with E-state index < -0.39 is 0 Å². The molecule has 28 heavy (non-hydrogen) atoms. The zero-order chi connectivity index (χ0) is 19.7. The van der Waals surface area contributed by atoms with Gasteiger partial charge in [-0.15, -0.1) is 0 Å². The number of hydrogen-bond acceptors (Lipinski definition) is 6. The number of benzene rings is 1. The standard InChI is InChI=1S/C21H29N5O2/c1-24(2)21-22-17(11-20(27)23-21)13-25(3)18-6-8-26(14-18)12-15-4-5-19-16(10-15)7-9-28-19/h4-5,10-11,18H,6-9,12-14H2,1-3H3,(H,22,23,27)/t18-/m1/s1. The van der Waals surface area contributed by atoms with Crippen LogP contribution in [0.15, 0.2) is 29.1 Å². The quantitative estimate of drug-likeness (QED) is 0.815. The summed E-state index contributed by atoms with van der Waals surface area (Å²) in [5.41, 5.74) is 3.41. The molecule has 1 saturated heterocycles. The summed E-state index contributed by atoms with van der Waals surface area (Å²) in [6.07, 6.45) is 2.15. The van der Waals surface area contributed by atoms with E-state index in [1.54, 1.807) is 6.07 Å². The minimum Gasteiger partial charge on any atom is -0.493 e. The van der Waals surface area contributed by atoms with Crippen molar-refractivity contribution in [3.05, 3.63) is 51.4 Å². The van der Waals surface area contributed by atoms with E-state index in [0.29, 0.717) is 18.5 Å². The van der Waals surface area contributed by atoms with E-state index in [1.807, 2.05) is 19.0 Å². The van der Waals surface area contributed by atoms with Crippen molar-refractivity contribution in [3.63, 3.8) is 0 Å². The number of nitrogens with zero attached hydrogens (tertiary/aromatic N) is 4. The van der Waals surface area contributed by atoms with Gasteiger partial charge in [0.1, 0.15) is 5.75 Å². The van der Waals surface area contributed by atoms with E-state index in [1.165, 1.54) is 11.1 Å². The van der Waals surface area contributed by atoms with Crippen LogP contribution in [0, 0.1) is 0 Å². The molecule has 2 aliphatic heterocycles. The molecule has 7 nitrogen and oxygen atoms in total. The first-order chi connectivity index (χ1) is 13.5. The summed E-state index contributed by atoms with van der Waals surface area (Å²) >= 11 is 0. The zero-order valence-electron chi connectivity index (χ0n) is 16.9. The van der Waals surface area contributed by atoms with Crippen molar-refractivity contribution in [2.45, 2.75) is 32.0 Å². The second-order valence-electron chi connectivity index (χ2n) is 8.09. The van der Waals surface area contributed by atoms with Gasteiger partial charge in [0.05, 0.1) is 12.3 Å². The molecule has 2 aliphatic rings. The maximum Gasteiger partial charge on any atom is 0.252 e. The van der Waals surface area contributed by atoms with E-state index in [0.717, 1.165) is 50.5 Å². The van der Waals surface area contributed by atoms with E-state index >= 15 is 0 Å². The fourth-order valence-electron chi connectivity index (χ4n) is 4.08. The molecule has 1 fully saturated rings. The van der Waals surface area contributed by atoms with Crippen LogP contribution in [-0.2, 0) is 19.5 Å². The third-order valence-corrected chi connectivity index (χ3v) is 5.65. The van der Waals surface area contributed by atoms with Crippen LogP contribution in [0.4, 0.5) is 5.95 Å². The fourth-order valence-corrected chi connectivity index (χ4v) is 4.08. The van der Waals surface area contributed by atoms with Crippen LogP contribution in [0.1, 0.15) is 23.2 Å². The number of H-pyrrole nitrogens is 1. The van der Waals surface area contributed by atoms with Crippen molar-refractivity contribution in [1.29, 1.82) is 0 Å². The van der Waals surface area contributed by atoms with Crippen LogP contribution in [0.3, 0.4) is 0 Å². The van der Waals surface area contributed by atoms with Gasteiger partial charge >= 0.3 is 0 Å². The summed E-state index contributed by atoms with van der Waals surface area (Å²) < 4.78 is 5.61. The predicted molar refractivity (Wildman–Crippen MR) is 110 cm³/mol. The molecule has 3 heterocycles. The molecule has 0 saturated carbocycles. The second kappa shape index (κ2) is 7.93. The highest BCUT2D eigenvalue weighted by Gasteiger charge is 2.26. The lowest BCUT2D eigenvalue weighted by Gasteiger charge is -2.25. The third kappa shape index (κ3) is 4.20. The van der Waals surface area contributed by atoms with Crippen molar-refractivity contribution in [2.24, 2.45) is 0 Å². The largest absolute Gasteiger partial charge is 0.493 e. The number of nitrogens with one attached hydrogen (secondary N) is 1. The van der Waals surface area contributed by atoms with Crippen LogP contribution < -0.4 is 15.2 Å². The topological polar surface area (TPSA) is 64.7 Å². The lowest BCUT2D eigenvalue weighted by Crippen LogP contribution is -2.34. The number of hydrogen-bond donors (Lipinski definition) is 1. The number of likely N-dealkylation sites (N-methyl/N-ethyl adjacent to an activating group) is 1. The van der Waals surface area contributed by atoms with Crippen molar-refractivity contribution >= 4 is 5.95 Å². The Morgan fingerprint density at radius 2 is 2.14 bits per heavy atom. The highest BCUT2D eigenvalue weighted by Crippen LogP contribution is 2.27. The van der Waals surface area contributed by atoms with Gasteiger partial charge in [-0.2, -0.15) is 0 Å². The molecule has 1 N–H and O–H groups in total. The summed E-state index contributed by atoms with van der Waals surface area (Å²) in [7, 11) is 5.89. The Balaban J connectivity index is 1.35. The van der Waals surface area contributed by atoms with E-state index in [2.05, 4.69) is 45.0 Å². The Morgan fingerprint density at radius 1 is 1.29 bits per heavy atom. The Hall–Kier alpha value is -2.38. The molecular formula is C21H29N5O2. The van der Waals surface area contributed by atoms with E-state index in [4.69, 9.17) is 4.74 Å². The van der Waals surface area contributed by atoms with Gasteiger partial charge in [-0.1, -0.05) is 12.1 Å². The number of aromatic amines is 1. The van der Waals surface area contributed by atoms with Crippen molar-refractivity contribution in [1.82, 2.24) is 19.8 Å². The summed E-state index contributed by atoms with van der Waals surface area (Å²) in [6.45, 7) is 4.59. The number of fused-ring (bicyclic) bond motifs is 1. The minimum atomic E-state index is -0.101. The van der Waals surface area contributed by atoms with Gasteiger partial charge in [-0.05, 0) is 30.7 Å². The van der Waals surface area contributed by atoms with Gasteiger partial charge < -0.3 is 9.64 Å². The number of ether oxygens (including phenoxy) is 1. The molecule has 0 radical (unpaired) electrons. The first-order valence-electron chi connectivity index (χ1n) is 9.93. The molecule has 4 rings (SSSR count). The molecular weight excluding hydrogens is 354 g/mol. The molecule has 1 atom stereocenters. The number of aromatic nitrogens is 2. The van der Waals surface area contributed by atoms with Gasteiger partial charge in [0.15, 0.2) is 0 Å². The maximum atomic E-state index is 11.9.